The van der Waals surface area contributed by atoms with E-state index in [1.807, 2.05) is 16.7 Å². The Morgan fingerprint density at radius 2 is 2.03 bits per heavy atom. The Bertz CT molecular complexity index is 1110. The molecule has 9 heteroatoms. The van der Waals surface area contributed by atoms with Gasteiger partial charge in [-0.1, -0.05) is 23.7 Å². The molecule has 2 aliphatic heterocycles. The van der Waals surface area contributed by atoms with E-state index in [0.717, 1.165) is 31.7 Å². The van der Waals surface area contributed by atoms with Gasteiger partial charge < -0.3 is 14.5 Å². The lowest BCUT2D eigenvalue weighted by molar-refractivity contribution is 0.257. The average molecular weight is 472 g/mol. The van der Waals surface area contributed by atoms with Crippen LogP contribution in [0.1, 0.15) is 23.6 Å². The first-order chi connectivity index (χ1) is 13.6. The smallest absolute Gasteiger partial charge is 0.261 e. The van der Waals surface area contributed by atoms with Gasteiger partial charge in [-0.25, -0.2) is 9.37 Å². The first-order valence-electron chi connectivity index (χ1n) is 9.50. The third-order valence-electron chi connectivity index (χ3n) is 5.84. The van der Waals surface area contributed by atoms with Crippen molar-refractivity contribution in [3.63, 3.8) is 0 Å². The molecule has 5 nitrogen and oxygen atoms in total. The highest BCUT2D eigenvalue weighted by atomic mass is 35.5. The minimum atomic E-state index is -0.439. The Hall–Kier alpha value is -1.86. The summed E-state index contributed by atoms with van der Waals surface area (Å²) in [6.45, 7) is 2.86. The number of imidazole rings is 1. The van der Waals surface area contributed by atoms with Crippen LogP contribution in [0.4, 0.5) is 4.39 Å². The van der Waals surface area contributed by atoms with Crippen LogP contribution in [0.3, 0.4) is 0 Å². The number of pyridine rings is 1. The van der Waals surface area contributed by atoms with E-state index in [4.69, 9.17) is 11.6 Å². The van der Waals surface area contributed by atoms with Crippen molar-refractivity contribution in [2.24, 2.45) is 5.92 Å². The fraction of sp³-hybridized carbons (Fsp3) is 0.333. The number of benzene rings is 1. The summed E-state index contributed by atoms with van der Waals surface area (Å²) in [4.78, 5) is 17.7. The maximum Gasteiger partial charge on any atom is 0.261 e. The summed E-state index contributed by atoms with van der Waals surface area (Å²) in [7, 11) is 0. The highest BCUT2D eigenvalue weighted by Gasteiger charge is 2.31. The van der Waals surface area contributed by atoms with Crippen LogP contribution in [0, 0.1) is 11.7 Å². The topological polar surface area (TPSA) is 51.9 Å². The summed E-state index contributed by atoms with van der Waals surface area (Å²) >= 11 is 5.90. The lowest BCUT2D eigenvalue weighted by atomic mass is 9.84. The number of hydrogen-bond acceptors (Lipinski definition) is 3. The van der Waals surface area contributed by atoms with Crippen LogP contribution < -0.4 is 10.9 Å². The van der Waals surface area contributed by atoms with Crippen molar-refractivity contribution < 1.29 is 4.39 Å². The molecule has 0 unspecified atom stereocenters. The second-order valence-electron chi connectivity index (χ2n) is 7.64. The second-order valence-corrected chi connectivity index (χ2v) is 8.04. The van der Waals surface area contributed by atoms with Crippen LogP contribution in [0.2, 0.25) is 5.02 Å². The Morgan fingerprint density at radius 3 is 2.87 bits per heavy atom. The van der Waals surface area contributed by atoms with Gasteiger partial charge in [0.15, 0.2) is 0 Å². The largest absolute Gasteiger partial charge is 0.326 e. The van der Waals surface area contributed by atoms with Gasteiger partial charge in [-0.2, -0.15) is 0 Å². The Balaban J connectivity index is 0.00000128. The van der Waals surface area contributed by atoms with Crippen molar-refractivity contribution in [1.29, 1.82) is 0 Å². The zero-order valence-electron chi connectivity index (χ0n) is 16.1. The third kappa shape index (κ3) is 3.89. The molecule has 4 heterocycles. The molecule has 0 spiro atoms. The number of aromatic nitrogens is 3. The number of halogens is 4. The van der Waals surface area contributed by atoms with E-state index in [0.29, 0.717) is 28.8 Å². The van der Waals surface area contributed by atoms with Gasteiger partial charge >= 0.3 is 0 Å². The molecule has 30 heavy (non-hydrogen) atoms. The number of nitrogens with zero attached hydrogens (tertiary/aromatic N) is 3. The highest BCUT2D eigenvalue weighted by Crippen LogP contribution is 2.32. The number of fused-ring (bicyclic) bond motifs is 4. The van der Waals surface area contributed by atoms with Crippen molar-refractivity contribution in [1.82, 2.24) is 19.4 Å². The van der Waals surface area contributed by atoms with Gasteiger partial charge in [-0.15, -0.1) is 24.8 Å². The normalized spacial score (nSPS) is 19.4. The molecule has 3 aromatic rings. The lowest BCUT2D eigenvalue weighted by Gasteiger charge is -2.37. The molecule has 1 saturated heterocycles. The van der Waals surface area contributed by atoms with Gasteiger partial charge in [0.05, 0.1) is 17.1 Å². The van der Waals surface area contributed by atoms with Gasteiger partial charge in [0, 0.05) is 42.7 Å². The standard InChI is InChI=1S/C21H20ClFN4O.2ClH/c22-17-3-1-2-14(19(17)23)12-26-7-6-25-20(26)16-4-5-18-15-8-13(9-24-10-15)11-27(18)21(16)28;;/h1-7,13,15,24H,8-12H2;2*1H/t13-,15+;;/m0../s1. The Morgan fingerprint density at radius 1 is 1.20 bits per heavy atom. The molecule has 1 fully saturated rings. The van der Waals surface area contributed by atoms with E-state index < -0.39 is 5.82 Å². The Labute approximate surface area is 191 Å². The average Bonchev–Trinajstić information content (AvgIpc) is 3.15. The highest BCUT2D eigenvalue weighted by molar-refractivity contribution is 6.30. The second kappa shape index (κ2) is 9.10. The van der Waals surface area contributed by atoms with Crippen LogP contribution in [-0.4, -0.2) is 27.2 Å². The van der Waals surface area contributed by atoms with E-state index in [1.54, 1.807) is 29.1 Å². The molecule has 1 aromatic carbocycles. The molecule has 0 radical (unpaired) electrons. The predicted molar refractivity (Wildman–Crippen MR) is 121 cm³/mol. The number of piperidine rings is 1. The van der Waals surface area contributed by atoms with Crippen LogP contribution in [0.25, 0.3) is 11.4 Å². The summed E-state index contributed by atoms with van der Waals surface area (Å²) in [6.07, 6.45) is 4.53. The monoisotopic (exact) mass is 470 g/mol. The Kier molecular flexibility index (Phi) is 6.92. The van der Waals surface area contributed by atoms with Gasteiger partial charge in [0.25, 0.3) is 5.56 Å². The van der Waals surface area contributed by atoms with Gasteiger partial charge in [-0.3, -0.25) is 4.79 Å². The molecule has 0 aliphatic carbocycles. The van der Waals surface area contributed by atoms with Crippen LogP contribution >= 0.6 is 36.4 Å². The first-order valence-corrected chi connectivity index (χ1v) is 9.88. The molecule has 2 aromatic heterocycles. The molecular formula is C21H22Cl3FN4O. The van der Waals surface area contributed by atoms with E-state index in [1.165, 1.54) is 6.07 Å². The van der Waals surface area contributed by atoms with E-state index >= 15 is 0 Å². The molecule has 2 aliphatic rings. The summed E-state index contributed by atoms with van der Waals surface area (Å²) in [5.74, 6) is 0.980. The fourth-order valence-electron chi connectivity index (χ4n) is 4.50. The van der Waals surface area contributed by atoms with Gasteiger partial charge in [0.2, 0.25) is 0 Å². The lowest BCUT2D eigenvalue weighted by Crippen LogP contribution is -2.45. The molecule has 0 amide bonds. The first kappa shape index (κ1) is 22.8. The van der Waals surface area contributed by atoms with Gasteiger partial charge in [-0.05, 0) is 37.1 Å². The molecular weight excluding hydrogens is 450 g/mol. The zero-order chi connectivity index (χ0) is 19.3. The zero-order valence-corrected chi connectivity index (χ0v) is 18.4. The molecule has 2 atom stereocenters. The number of hydrogen-bond donors (Lipinski definition) is 1. The quantitative estimate of drug-likeness (QED) is 0.626. The van der Waals surface area contributed by atoms with Crippen molar-refractivity contribution in [2.45, 2.75) is 25.4 Å². The fourth-order valence-corrected chi connectivity index (χ4v) is 4.69. The van der Waals surface area contributed by atoms with Crippen molar-refractivity contribution in [3.8, 4) is 11.4 Å². The minimum Gasteiger partial charge on any atom is -0.326 e. The predicted octanol–water partition coefficient (Wildman–Crippen LogP) is 4.10. The summed E-state index contributed by atoms with van der Waals surface area (Å²) in [5.41, 5.74) is 2.08. The molecule has 5 rings (SSSR count). The number of nitrogens with one attached hydrogen (secondary N) is 1. The molecule has 1 N–H and O–H groups in total. The maximum atomic E-state index is 14.3. The maximum absolute atomic E-state index is 14.3. The SMILES string of the molecule is Cl.Cl.O=c1c(-c2nccn2Cc2cccc(Cl)c2F)ccc2n1C[C@@H]1CNC[C@H]2C1. The van der Waals surface area contributed by atoms with E-state index in [2.05, 4.69) is 10.3 Å². The summed E-state index contributed by atoms with van der Waals surface area (Å²) in [6, 6.07) is 8.84. The third-order valence-corrected chi connectivity index (χ3v) is 6.13. The van der Waals surface area contributed by atoms with Crippen molar-refractivity contribution in [2.75, 3.05) is 13.1 Å². The molecule has 160 valence electrons. The van der Waals surface area contributed by atoms with Crippen molar-refractivity contribution in [3.05, 3.63) is 75.2 Å². The minimum absolute atomic E-state index is 0. The van der Waals surface area contributed by atoms with Crippen LogP contribution in [0.5, 0.6) is 0 Å². The van der Waals surface area contributed by atoms with Crippen LogP contribution in [-0.2, 0) is 13.1 Å². The van der Waals surface area contributed by atoms with Gasteiger partial charge in [0.1, 0.15) is 11.6 Å². The van der Waals surface area contributed by atoms with Crippen LogP contribution in [0.15, 0.2) is 47.5 Å². The summed E-state index contributed by atoms with van der Waals surface area (Å²) < 4.78 is 18.0. The number of rotatable bonds is 3. The molecule has 2 bridgehead atoms. The van der Waals surface area contributed by atoms with E-state index in [9.17, 15) is 9.18 Å². The van der Waals surface area contributed by atoms with E-state index in [-0.39, 0.29) is 41.9 Å². The van der Waals surface area contributed by atoms with Crippen molar-refractivity contribution >= 4 is 36.4 Å². The summed E-state index contributed by atoms with van der Waals surface area (Å²) in [5, 5.41) is 3.55. The molecule has 0 saturated carbocycles.